The molecule has 3 amide bonds. The molecule has 1 aromatic rings. The second-order valence-electron chi connectivity index (χ2n) is 4.90. The Morgan fingerprint density at radius 1 is 1.29 bits per heavy atom. The lowest BCUT2D eigenvalue weighted by Crippen LogP contribution is -2.60. The number of hydrogen-bond donors (Lipinski definition) is 4. The summed E-state index contributed by atoms with van der Waals surface area (Å²) < 4.78 is 5.04. The predicted molar refractivity (Wildman–Crippen MR) is 71.3 cm³/mol. The van der Waals surface area contributed by atoms with E-state index in [0.29, 0.717) is 18.6 Å². The molecule has 0 aromatic carbocycles. The van der Waals surface area contributed by atoms with Gasteiger partial charge < -0.3 is 25.5 Å². The van der Waals surface area contributed by atoms with Crippen LogP contribution in [0.25, 0.3) is 0 Å². The summed E-state index contributed by atoms with van der Waals surface area (Å²) in [6.07, 6.45) is 3.09. The van der Waals surface area contributed by atoms with Crippen LogP contribution in [-0.4, -0.2) is 35.1 Å². The standard InChI is InChI=1S/C13H17N3O5/c17-10(16-13(11(18)19)4-2-5-13)8-15-12(20)14-7-9-3-1-6-21-9/h1,3,6H,2,4-5,7-8H2,(H,16,17)(H,18,19)(H2,14,15,20). The minimum atomic E-state index is -1.16. The number of urea groups is 1. The van der Waals surface area contributed by atoms with Crippen LogP contribution in [-0.2, 0) is 16.1 Å². The second kappa shape index (κ2) is 6.29. The lowest BCUT2D eigenvalue weighted by atomic mass is 9.77. The van der Waals surface area contributed by atoms with Crippen molar-refractivity contribution in [2.75, 3.05) is 6.54 Å². The van der Waals surface area contributed by atoms with E-state index in [1.165, 1.54) is 6.26 Å². The number of hydrogen-bond acceptors (Lipinski definition) is 4. The third kappa shape index (κ3) is 3.74. The van der Waals surface area contributed by atoms with Crippen molar-refractivity contribution in [1.82, 2.24) is 16.0 Å². The number of amides is 3. The van der Waals surface area contributed by atoms with Crippen LogP contribution in [0, 0.1) is 0 Å². The van der Waals surface area contributed by atoms with E-state index in [2.05, 4.69) is 16.0 Å². The van der Waals surface area contributed by atoms with Gasteiger partial charge in [-0.3, -0.25) is 4.79 Å². The van der Waals surface area contributed by atoms with E-state index in [0.717, 1.165) is 6.42 Å². The molecule has 21 heavy (non-hydrogen) atoms. The number of carbonyl (C=O) groups excluding carboxylic acids is 2. The molecule has 1 aliphatic rings. The minimum Gasteiger partial charge on any atom is -0.480 e. The summed E-state index contributed by atoms with van der Waals surface area (Å²) in [4.78, 5) is 34.2. The molecular weight excluding hydrogens is 278 g/mol. The summed E-state index contributed by atoms with van der Waals surface area (Å²) in [5, 5.41) is 16.4. The third-order valence-corrected chi connectivity index (χ3v) is 3.41. The molecule has 0 bridgehead atoms. The zero-order valence-electron chi connectivity index (χ0n) is 11.3. The first-order valence-electron chi connectivity index (χ1n) is 6.60. The molecule has 0 spiro atoms. The zero-order chi connectivity index (χ0) is 15.3. The van der Waals surface area contributed by atoms with Crippen LogP contribution in [0.5, 0.6) is 0 Å². The monoisotopic (exact) mass is 295 g/mol. The summed E-state index contributed by atoms with van der Waals surface area (Å²) in [7, 11) is 0. The quantitative estimate of drug-likeness (QED) is 0.597. The molecule has 4 N–H and O–H groups in total. The molecule has 0 radical (unpaired) electrons. The summed E-state index contributed by atoms with van der Waals surface area (Å²) in [5.41, 5.74) is -1.16. The van der Waals surface area contributed by atoms with Crippen LogP contribution >= 0.6 is 0 Å². The van der Waals surface area contributed by atoms with E-state index in [1.54, 1.807) is 12.1 Å². The maximum Gasteiger partial charge on any atom is 0.329 e. The topological polar surface area (TPSA) is 121 Å². The van der Waals surface area contributed by atoms with Gasteiger partial charge in [-0.2, -0.15) is 0 Å². The number of furan rings is 1. The number of aliphatic carboxylic acids is 1. The van der Waals surface area contributed by atoms with Gasteiger partial charge in [-0.25, -0.2) is 9.59 Å². The molecule has 8 heteroatoms. The summed E-state index contributed by atoms with van der Waals surface area (Å²) in [5.74, 6) is -0.969. The van der Waals surface area contributed by atoms with E-state index in [4.69, 9.17) is 9.52 Å². The van der Waals surface area contributed by atoms with Gasteiger partial charge in [0.25, 0.3) is 0 Å². The van der Waals surface area contributed by atoms with Crippen molar-refractivity contribution in [3.8, 4) is 0 Å². The highest BCUT2D eigenvalue weighted by Crippen LogP contribution is 2.31. The van der Waals surface area contributed by atoms with Crippen LogP contribution < -0.4 is 16.0 Å². The molecule has 1 fully saturated rings. The fourth-order valence-electron chi connectivity index (χ4n) is 2.04. The normalized spacial score (nSPS) is 15.6. The molecule has 8 nitrogen and oxygen atoms in total. The Kier molecular flexibility index (Phi) is 4.46. The third-order valence-electron chi connectivity index (χ3n) is 3.41. The van der Waals surface area contributed by atoms with Crippen molar-refractivity contribution in [2.24, 2.45) is 0 Å². The van der Waals surface area contributed by atoms with Gasteiger partial charge in [0, 0.05) is 0 Å². The Hall–Kier alpha value is -2.51. The van der Waals surface area contributed by atoms with E-state index in [9.17, 15) is 14.4 Å². The van der Waals surface area contributed by atoms with Gasteiger partial charge in [-0.1, -0.05) is 0 Å². The van der Waals surface area contributed by atoms with E-state index >= 15 is 0 Å². The average Bonchev–Trinajstić information content (AvgIpc) is 2.91. The molecule has 114 valence electrons. The molecule has 1 aliphatic carbocycles. The highest BCUT2D eigenvalue weighted by atomic mass is 16.4. The Balaban J connectivity index is 1.68. The molecule has 1 aromatic heterocycles. The van der Waals surface area contributed by atoms with Crippen LogP contribution in [0.2, 0.25) is 0 Å². The highest BCUT2D eigenvalue weighted by Gasteiger charge is 2.45. The number of carboxylic acids is 1. The molecule has 1 heterocycles. The SMILES string of the molecule is O=C(CNC(=O)NCc1ccco1)NC1(C(=O)O)CCC1. The van der Waals surface area contributed by atoms with Gasteiger partial charge in [0.15, 0.2) is 0 Å². The zero-order valence-corrected chi connectivity index (χ0v) is 11.3. The van der Waals surface area contributed by atoms with Crippen molar-refractivity contribution < 1.29 is 23.9 Å². The van der Waals surface area contributed by atoms with Gasteiger partial charge in [-0.05, 0) is 31.4 Å². The van der Waals surface area contributed by atoms with Gasteiger partial charge in [0.1, 0.15) is 11.3 Å². The Labute approximate surface area is 120 Å². The second-order valence-corrected chi connectivity index (χ2v) is 4.90. The lowest BCUT2D eigenvalue weighted by Gasteiger charge is -2.38. The fourth-order valence-corrected chi connectivity index (χ4v) is 2.04. The van der Waals surface area contributed by atoms with Crippen LogP contribution in [0.4, 0.5) is 4.79 Å². The first-order valence-corrected chi connectivity index (χ1v) is 6.60. The summed E-state index contributed by atoms with van der Waals surface area (Å²) in [6.45, 7) is -0.0709. The molecule has 0 saturated heterocycles. The lowest BCUT2D eigenvalue weighted by molar-refractivity contribution is -0.151. The molecule has 1 saturated carbocycles. The number of carboxylic acid groups (broad SMARTS) is 1. The van der Waals surface area contributed by atoms with E-state index < -0.39 is 23.4 Å². The van der Waals surface area contributed by atoms with Crippen LogP contribution in [0.1, 0.15) is 25.0 Å². The first kappa shape index (κ1) is 14.9. The number of carbonyl (C=O) groups is 3. The van der Waals surface area contributed by atoms with Gasteiger partial charge in [-0.15, -0.1) is 0 Å². The Bertz CT molecular complexity index is 522. The van der Waals surface area contributed by atoms with Gasteiger partial charge in [0.2, 0.25) is 5.91 Å². The van der Waals surface area contributed by atoms with Crippen molar-refractivity contribution in [1.29, 1.82) is 0 Å². The summed E-state index contributed by atoms with van der Waals surface area (Å²) in [6, 6.07) is 2.88. The molecular formula is C13H17N3O5. The Morgan fingerprint density at radius 3 is 2.57 bits per heavy atom. The van der Waals surface area contributed by atoms with Crippen LogP contribution in [0.3, 0.4) is 0 Å². The maximum atomic E-state index is 11.7. The Morgan fingerprint density at radius 2 is 2.05 bits per heavy atom. The minimum absolute atomic E-state index is 0.208. The molecule has 0 unspecified atom stereocenters. The molecule has 0 aliphatic heterocycles. The smallest absolute Gasteiger partial charge is 0.329 e. The van der Waals surface area contributed by atoms with Gasteiger partial charge >= 0.3 is 12.0 Å². The highest BCUT2D eigenvalue weighted by molar-refractivity contribution is 5.90. The summed E-state index contributed by atoms with van der Waals surface area (Å²) >= 11 is 0. The van der Waals surface area contributed by atoms with Crippen LogP contribution in [0.15, 0.2) is 22.8 Å². The largest absolute Gasteiger partial charge is 0.480 e. The number of nitrogens with one attached hydrogen (secondary N) is 3. The van der Waals surface area contributed by atoms with Crippen molar-refractivity contribution in [2.45, 2.75) is 31.3 Å². The maximum absolute atomic E-state index is 11.7. The molecule has 2 rings (SSSR count). The van der Waals surface area contributed by atoms with E-state index in [-0.39, 0.29) is 13.1 Å². The van der Waals surface area contributed by atoms with Crippen molar-refractivity contribution >= 4 is 17.9 Å². The van der Waals surface area contributed by atoms with Gasteiger partial charge in [0.05, 0.1) is 19.4 Å². The van der Waals surface area contributed by atoms with Crippen molar-refractivity contribution in [3.63, 3.8) is 0 Å². The predicted octanol–water partition coefficient (Wildman–Crippen LogP) is 0.202. The average molecular weight is 295 g/mol. The van der Waals surface area contributed by atoms with Crippen molar-refractivity contribution in [3.05, 3.63) is 24.2 Å². The fraction of sp³-hybridized carbons (Fsp3) is 0.462. The van der Waals surface area contributed by atoms with E-state index in [1.807, 2.05) is 0 Å². The number of rotatable bonds is 6. The molecule has 0 atom stereocenters. The first-order chi connectivity index (χ1) is 10.0.